The van der Waals surface area contributed by atoms with Crippen molar-refractivity contribution in [3.63, 3.8) is 0 Å². The lowest BCUT2D eigenvalue weighted by Gasteiger charge is -2.39. The highest BCUT2D eigenvalue weighted by Crippen LogP contribution is 2.57. The molecule has 22 heavy (non-hydrogen) atoms. The van der Waals surface area contributed by atoms with Crippen LogP contribution in [-0.2, 0) is 16.7 Å². The first-order valence-corrected chi connectivity index (χ1v) is 8.72. The molecular weight excluding hydrogens is 276 g/mol. The molecule has 1 spiro atoms. The van der Waals surface area contributed by atoms with E-state index in [1.807, 2.05) is 6.26 Å². The molecular formula is C18H26N2O2. The lowest BCUT2D eigenvalue weighted by Crippen LogP contribution is -2.48. The first-order valence-electron chi connectivity index (χ1n) is 8.72. The Balaban J connectivity index is 1.79. The zero-order valence-electron chi connectivity index (χ0n) is 14.1. The predicted molar refractivity (Wildman–Crippen MR) is 84.8 cm³/mol. The van der Waals surface area contributed by atoms with E-state index >= 15 is 0 Å². The van der Waals surface area contributed by atoms with Gasteiger partial charge in [-0.15, -0.1) is 0 Å². The first kappa shape index (κ1) is 14.3. The average Bonchev–Trinajstić information content (AvgIpc) is 3.15. The van der Waals surface area contributed by atoms with Gasteiger partial charge in [0.1, 0.15) is 11.9 Å². The zero-order valence-corrected chi connectivity index (χ0v) is 14.1. The van der Waals surface area contributed by atoms with Crippen molar-refractivity contribution in [3.8, 4) is 0 Å². The summed E-state index contributed by atoms with van der Waals surface area (Å²) in [6.07, 6.45) is 7.53. The van der Waals surface area contributed by atoms with Crippen LogP contribution in [0.2, 0.25) is 0 Å². The van der Waals surface area contributed by atoms with E-state index < -0.39 is 0 Å². The number of nitrogens with zero attached hydrogens (tertiary/aromatic N) is 2. The SMILES string of the molecule is CC(C)C1(C(C)C)ON=C2C1CC[C@]21CCCc2conc21. The van der Waals surface area contributed by atoms with Gasteiger partial charge in [-0.1, -0.05) is 38.0 Å². The van der Waals surface area contributed by atoms with Gasteiger partial charge in [-0.25, -0.2) is 0 Å². The van der Waals surface area contributed by atoms with Crippen molar-refractivity contribution < 1.29 is 9.36 Å². The van der Waals surface area contributed by atoms with Gasteiger partial charge in [0.15, 0.2) is 0 Å². The van der Waals surface area contributed by atoms with Crippen LogP contribution < -0.4 is 0 Å². The summed E-state index contributed by atoms with van der Waals surface area (Å²) in [5.41, 5.74) is 3.51. The molecule has 2 heterocycles. The summed E-state index contributed by atoms with van der Waals surface area (Å²) in [4.78, 5) is 6.18. The summed E-state index contributed by atoms with van der Waals surface area (Å²) in [5.74, 6) is 1.33. The van der Waals surface area contributed by atoms with Gasteiger partial charge in [0.2, 0.25) is 0 Å². The van der Waals surface area contributed by atoms with Crippen molar-refractivity contribution in [2.24, 2.45) is 22.9 Å². The van der Waals surface area contributed by atoms with Gasteiger partial charge in [0, 0.05) is 11.5 Å². The molecule has 1 aromatic heterocycles. The van der Waals surface area contributed by atoms with Gasteiger partial charge in [-0.05, 0) is 43.9 Å². The minimum atomic E-state index is -0.153. The summed E-state index contributed by atoms with van der Waals surface area (Å²) in [6.45, 7) is 9.08. The van der Waals surface area contributed by atoms with Gasteiger partial charge in [-0.3, -0.25) is 0 Å². The van der Waals surface area contributed by atoms with Crippen LogP contribution in [0.1, 0.15) is 64.6 Å². The molecule has 0 aromatic carbocycles. The third-order valence-corrected chi connectivity index (χ3v) is 6.48. The fraction of sp³-hybridized carbons (Fsp3) is 0.778. The van der Waals surface area contributed by atoms with Crippen LogP contribution in [0.15, 0.2) is 15.9 Å². The molecule has 0 saturated heterocycles. The molecule has 2 aliphatic carbocycles. The highest BCUT2D eigenvalue weighted by Gasteiger charge is 2.63. The molecule has 4 rings (SSSR count). The van der Waals surface area contributed by atoms with E-state index in [1.54, 1.807) is 0 Å². The van der Waals surface area contributed by atoms with Gasteiger partial charge >= 0.3 is 0 Å². The van der Waals surface area contributed by atoms with Crippen LogP contribution in [-0.4, -0.2) is 16.5 Å². The highest BCUT2D eigenvalue weighted by atomic mass is 16.7. The molecule has 4 nitrogen and oxygen atoms in total. The maximum absolute atomic E-state index is 6.18. The number of aromatic nitrogens is 1. The van der Waals surface area contributed by atoms with Crippen LogP contribution in [0.5, 0.6) is 0 Å². The van der Waals surface area contributed by atoms with Crippen molar-refractivity contribution in [3.05, 3.63) is 17.5 Å². The van der Waals surface area contributed by atoms with Crippen LogP contribution in [0.3, 0.4) is 0 Å². The number of aryl methyl sites for hydroxylation is 1. The van der Waals surface area contributed by atoms with Gasteiger partial charge in [0.25, 0.3) is 0 Å². The molecule has 0 N–H and O–H groups in total. The Bertz CT molecular complexity index is 608. The first-order chi connectivity index (χ1) is 10.5. The van der Waals surface area contributed by atoms with Gasteiger partial charge < -0.3 is 9.36 Å². The lowest BCUT2D eigenvalue weighted by molar-refractivity contribution is -0.113. The Labute approximate surface area is 132 Å². The third kappa shape index (κ3) is 1.53. The zero-order chi connectivity index (χ0) is 15.5. The second-order valence-corrected chi connectivity index (χ2v) is 7.95. The van der Waals surface area contributed by atoms with Crippen LogP contribution >= 0.6 is 0 Å². The Morgan fingerprint density at radius 1 is 1.18 bits per heavy atom. The summed E-state index contributed by atoms with van der Waals surface area (Å²) >= 11 is 0. The summed E-state index contributed by atoms with van der Waals surface area (Å²) in [5, 5.41) is 9.06. The highest BCUT2D eigenvalue weighted by molar-refractivity contribution is 6.00. The van der Waals surface area contributed by atoms with Crippen LogP contribution in [0.25, 0.3) is 0 Å². The number of oxime groups is 1. The van der Waals surface area contributed by atoms with E-state index in [4.69, 9.17) is 9.36 Å². The molecule has 1 fully saturated rings. The molecule has 120 valence electrons. The second kappa shape index (κ2) is 4.59. The maximum Gasteiger partial charge on any atom is 0.150 e. The number of rotatable bonds is 2. The summed E-state index contributed by atoms with van der Waals surface area (Å²) < 4.78 is 5.30. The van der Waals surface area contributed by atoms with Gasteiger partial charge in [0.05, 0.1) is 16.8 Å². The Kier molecular flexibility index (Phi) is 2.98. The summed E-state index contributed by atoms with van der Waals surface area (Å²) in [7, 11) is 0. The predicted octanol–water partition coefficient (Wildman–Crippen LogP) is 4.10. The number of fused-ring (bicyclic) bond motifs is 4. The molecule has 1 aromatic rings. The standard InChI is InChI=1S/C18H26N2O2/c1-11(2)18(12(3)4)14-7-9-17(16(14)20-22-18)8-5-6-13-10-21-19-15(13)17/h10-12,14H,5-9H2,1-4H3/t14?,17-/m0/s1. The Morgan fingerprint density at radius 3 is 2.68 bits per heavy atom. The number of hydrogen-bond acceptors (Lipinski definition) is 4. The molecule has 1 saturated carbocycles. The van der Waals surface area contributed by atoms with Crippen molar-refractivity contribution in [2.75, 3.05) is 0 Å². The normalized spacial score (nSPS) is 32.3. The van der Waals surface area contributed by atoms with E-state index in [1.165, 1.54) is 17.7 Å². The van der Waals surface area contributed by atoms with E-state index in [0.29, 0.717) is 17.8 Å². The lowest BCUT2D eigenvalue weighted by atomic mass is 9.66. The smallest absolute Gasteiger partial charge is 0.150 e. The van der Waals surface area contributed by atoms with E-state index in [9.17, 15) is 0 Å². The fourth-order valence-electron chi connectivity index (χ4n) is 5.47. The van der Waals surface area contributed by atoms with E-state index in [2.05, 4.69) is 38.0 Å². The fourth-order valence-corrected chi connectivity index (χ4v) is 5.47. The Hall–Kier alpha value is -1.32. The monoisotopic (exact) mass is 302 g/mol. The van der Waals surface area contributed by atoms with Crippen LogP contribution in [0.4, 0.5) is 0 Å². The average molecular weight is 302 g/mol. The minimum absolute atomic E-state index is 0.0171. The van der Waals surface area contributed by atoms with Crippen molar-refractivity contribution in [1.82, 2.24) is 5.16 Å². The van der Waals surface area contributed by atoms with Crippen molar-refractivity contribution in [2.45, 2.75) is 70.8 Å². The third-order valence-electron chi connectivity index (χ3n) is 6.48. The summed E-state index contributed by atoms with van der Waals surface area (Å²) in [6, 6.07) is 0. The molecule has 1 aliphatic heterocycles. The van der Waals surface area contributed by atoms with Crippen molar-refractivity contribution in [1.29, 1.82) is 0 Å². The molecule has 1 unspecified atom stereocenters. The topological polar surface area (TPSA) is 47.6 Å². The molecule has 0 bridgehead atoms. The molecule has 4 heteroatoms. The van der Waals surface area contributed by atoms with E-state index in [0.717, 1.165) is 31.4 Å². The Morgan fingerprint density at radius 2 is 1.95 bits per heavy atom. The van der Waals surface area contributed by atoms with Crippen molar-refractivity contribution >= 4 is 5.71 Å². The minimum Gasteiger partial charge on any atom is -0.388 e. The van der Waals surface area contributed by atoms with E-state index in [-0.39, 0.29) is 11.0 Å². The quantitative estimate of drug-likeness (QED) is 0.826. The molecule has 2 atom stereocenters. The molecule has 3 aliphatic rings. The largest absolute Gasteiger partial charge is 0.388 e. The number of hydrogen-bond donors (Lipinski definition) is 0. The maximum atomic E-state index is 6.18. The van der Waals surface area contributed by atoms with Gasteiger partial charge in [-0.2, -0.15) is 0 Å². The molecule has 0 radical (unpaired) electrons. The molecule has 0 amide bonds. The second-order valence-electron chi connectivity index (χ2n) is 7.95. The van der Waals surface area contributed by atoms with Crippen LogP contribution in [0, 0.1) is 17.8 Å².